The zero-order valence-electron chi connectivity index (χ0n) is 18.0. The smallest absolute Gasteiger partial charge is 0.408 e. The highest BCUT2D eigenvalue weighted by atomic mass is 32.1. The molecule has 0 saturated carbocycles. The predicted molar refractivity (Wildman–Crippen MR) is 124 cm³/mol. The van der Waals surface area contributed by atoms with Gasteiger partial charge in [0.1, 0.15) is 17.4 Å². The van der Waals surface area contributed by atoms with Crippen LogP contribution in [-0.2, 0) is 11.3 Å². The van der Waals surface area contributed by atoms with Crippen LogP contribution in [-0.4, -0.2) is 31.8 Å². The standard InChI is InChI=1S/C24H29N3O3S/c1-25-14-7-6-13-21(27-24(28)30-16-18-9-4-3-5-10-18)22-17-31-23(26-22)19-11-8-12-20(15-19)29-2/h3-5,8-12,15,17,21,25H,6-7,13-14,16H2,1-2H3,(H,27,28)/t21-/m0/s1. The lowest BCUT2D eigenvalue weighted by molar-refractivity contribution is 0.134. The van der Waals surface area contributed by atoms with Crippen molar-refractivity contribution in [3.05, 3.63) is 71.2 Å². The van der Waals surface area contributed by atoms with Crippen molar-refractivity contribution in [3.63, 3.8) is 0 Å². The van der Waals surface area contributed by atoms with Crippen LogP contribution in [0.2, 0.25) is 0 Å². The highest BCUT2D eigenvalue weighted by Gasteiger charge is 2.19. The van der Waals surface area contributed by atoms with Crippen LogP contribution in [0.3, 0.4) is 0 Å². The Morgan fingerprint density at radius 1 is 1.13 bits per heavy atom. The van der Waals surface area contributed by atoms with Crippen LogP contribution in [0.25, 0.3) is 10.6 Å². The summed E-state index contributed by atoms with van der Waals surface area (Å²) in [7, 11) is 3.59. The Kier molecular flexibility index (Phi) is 8.87. The number of alkyl carbamates (subject to hydrolysis) is 1. The average molecular weight is 440 g/mol. The molecule has 1 amide bonds. The monoisotopic (exact) mass is 439 g/mol. The first-order valence-corrected chi connectivity index (χ1v) is 11.3. The van der Waals surface area contributed by atoms with E-state index in [0.717, 1.165) is 53.4 Å². The number of nitrogens with one attached hydrogen (secondary N) is 2. The van der Waals surface area contributed by atoms with Crippen molar-refractivity contribution in [1.29, 1.82) is 0 Å². The molecule has 3 aromatic rings. The molecular formula is C24H29N3O3S. The molecule has 1 heterocycles. The number of carbonyl (C=O) groups excluding carboxylic acids is 1. The van der Waals surface area contributed by atoms with Gasteiger partial charge < -0.3 is 20.1 Å². The lowest BCUT2D eigenvalue weighted by Crippen LogP contribution is -2.29. The maximum absolute atomic E-state index is 12.5. The molecule has 0 radical (unpaired) electrons. The quantitative estimate of drug-likeness (QED) is 0.403. The predicted octanol–water partition coefficient (Wildman–Crippen LogP) is 5.18. The first-order valence-electron chi connectivity index (χ1n) is 10.4. The highest BCUT2D eigenvalue weighted by Crippen LogP contribution is 2.30. The van der Waals surface area contributed by atoms with Crippen molar-refractivity contribution in [2.75, 3.05) is 20.7 Å². The molecule has 1 atom stereocenters. The Labute approximate surface area is 187 Å². The summed E-state index contributed by atoms with van der Waals surface area (Å²) in [5.41, 5.74) is 2.80. The molecule has 31 heavy (non-hydrogen) atoms. The number of thiazole rings is 1. The maximum Gasteiger partial charge on any atom is 0.408 e. The number of benzene rings is 2. The lowest BCUT2D eigenvalue weighted by Gasteiger charge is -2.17. The van der Waals surface area contributed by atoms with E-state index in [1.165, 1.54) is 0 Å². The number of hydrogen-bond acceptors (Lipinski definition) is 6. The van der Waals surface area contributed by atoms with Crippen molar-refractivity contribution in [1.82, 2.24) is 15.6 Å². The molecule has 3 rings (SSSR count). The van der Waals surface area contributed by atoms with E-state index in [-0.39, 0.29) is 12.6 Å². The minimum Gasteiger partial charge on any atom is -0.497 e. The third-order valence-corrected chi connectivity index (χ3v) is 5.78. The van der Waals surface area contributed by atoms with Gasteiger partial charge in [0.05, 0.1) is 18.8 Å². The molecule has 2 aromatic carbocycles. The molecule has 7 heteroatoms. The molecule has 164 valence electrons. The normalized spacial score (nSPS) is 11.7. The van der Waals surface area contributed by atoms with Crippen LogP contribution in [0, 0.1) is 0 Å². The molecule has 0 fully saturated rings. The van der Waals surface area contributed by atoms with Gasteiger partial charge in [-0.15, -0.1) is 11.3 Å². The second-order valence-corrected chi connectivity index (χ2v) is 8.03. The summed E-state index contributed by atoms with van der Waals surface area (Å²) in [6.07, 6.45) is 2.36. The average Bonchev–Trinajstić information content (AvgIpc) is 3.31. The first-order chi connectivity index (χ1) is 15.2. The molecule has 2 N–H and O–H groups in total. The van der Waals surface area contributed by atoms with Crippen LogP contribution >= 0.6 is 11.3 Å². The summed E-state index contributed by atoms with van der Waals surface area (Å²) >= 11 is 1.56. The molecule has 0 aliphatic rings. The van der Waals surface area contributed by atoms with E-state index in [2.05, 4.69) is 10.6 Å². The van der Waals surface area contributed by atoms with E-state index in [1.54, 1.807) is 18.4 Å². The number of aromatic nitrogens is 1. The van der Waals surface area contributed by atoms with Gasteiger partial charge in [-0.05, 0) is 50.6 Å². The Hall–Kier alpha value is -2.90. The third-order valence-electron chi connectivity index (χ3n) is 4.87. The SMILES string of the molecule is CNCCCC[C@H](NC(=O)OCc1ccccc1)c1csc(-c2cccc(OC)c2)n1. The minimum atomic E-state index is -0.432. The molecule has 0 aliphatic heterocycles. The van der Waals surface area contributed by atoms with Gasteiger partial charge in [-0.25, -0.2) is 9.78 Å². The molecule has 1 aromatic heterocycles. The Balaban J connectivity index is 1.67. The van der Waals surface area contributed by atoms with Crippen LogP contribution in [0.4, 0.5) is 4.79 Å². The van der Waals surface area contributed by atoms with Gasteiger partial charge in [0, 0.05) is 10.9 Å². The van der Waals surface area contributed by atoms with Gasteiger partial charge in [0.15, 0.2) is 0 Å². The lowest BCUT2D eigenvalue weighted by atomic mass is 10.1. The molecule has 0 aliphatic carbocycles. The van der Waals surface area contributed by atoms with E-state index in [1.807, 2.05) is 67.0 Å². The molecule has 6 nitrogen and oxygen atoms in total. The Bertz CT molecular complexity index is 946. The molecule has 0 saturated heterocycles. The number of amides is 1. The summed E-state index contributed by atoms with van der Waals surface area (Å²) in [4.78, 5) is 17.3. The van der Waals surface area contributed by atoms with Crippen LogP contribution < -0.4 is 15.4 Å². The number of hydrogen-bond donors (Lipinski definition) is 2. The van der Waals surface area contributed by atoms with Gasteiger partial charge in [0.25, 0.3) is 0 Å². The summed E-state index contributed by atoms with van der Waals surface area (Å²) in [6, 6.07) is 17.3. The van der Waals surface area contributed by atoms with Crippen molar-refractivity contribution in [2.45, 2.75) is 31.9 Å². The van der Waals surface area contributed by atoms with Gasteiger partial charge in [0.2, 0.25) is 0 Å². The summed E-state index contributed by atoms with van der Waals surface area (Å²) in [6.45, 7) is 1.18. The van der Waals surface area contributed by atoms with Crippen LogP contribution in [0.5, 0.6) is 5.75 Å². The number of unbranched alkanes of at least 4 members (excludes halogenated alkanes) is 1. The fourth-order valence-electron chi connectivity index (χ4n) is 3.19. The zero-order valence-corrected chi connectivity index (χ0v) is 18.8. The van der Waals surface area contributed by atoms with Gasteiger partial charge in [-0.3, -0.25) is 0 Å². The van der Waals surface area contributed by atoms with Gasteiger partial charge in [-0.2, -0.15) is 0 Å². The van der Waals surface area contributed by atoms with Gasteiger partial charge in [-0.1, -0.05) is 42.5 Å². The van der Waals surface area contributed by atoms with Crippen LogP contribution in [0.15, 0.2) is 60.0 Å². The number of nitrogens with zero attached hydrogens (tertiary/aromatic N) is 1. The minimum absolute atomic E-state index is 0.198. The molecule has 0 spiro atoms. The zero-order chi connectivity index (χ0) is 21.9. The van der Waals surface area contributed by atoms with E-state index in [0.29, 0.717) is 0 Å². The van der Waals surface area contributed by atoms with E-state index >= 15 is 0 Å². The third kappa shape index (κ3) is 7.08. The number of rotatable bonds is 11. The van der Waals surface area contributed by atoms with E-state index in [9.17, 15) is 4.79 Å². The largest absolute Gasteiger partial charge is 0.497 e. The first kappa shape index (κ1) is 22.8. The molecule has 0 bridgehead atoms. The fraction of sp³-hybridized carbons (Fsp3) is 0.333. The van der Waals surface area contributed by atoms with E-state index < -0.39 is 6.09 Å². The number of methoxy groups -OCH3 is 1. The van der Waals surface area contributed by atoms with Crippen molar-refractivity contribution in [3.8, 4) is 16.3 Å². The second kappa shape index (κ2) is 12.1. The second-order valence-electron chi connectivity index (χ2n) is 7.17. The summed E-state index contributed by atoms with van der Waals surface area (Å²) in [5, 5.41) is 9.07. The topological polar surface area (TPSA) is 72.5 Å². The summed E-state index contributed by atoms with van der Waals surface area (Å²) in [5.74, 6) is 0.792. The fourth-order valence-corrected chi connectivity index (χ4v) is 4.06. The van der Waals surface area contributed by atoms with Crippen LogP contribution in [0.1, 0.15) is 36.6 Å². The maximum atomic E-state index is 12.5. The number of carbonyl (C=O) groups is 1. The Morgan fingerprint density at radius 3 is 2.74 bits per heavy atom. The molecule has 0 unspecified atom stereocenters. The highest BCUT2D eigenvalue weighted by molar-refractivity contribution is 7.13. The van der Waals surface area contributed by atoms with Crippen molar-refractivity contribution >= 4 is 17.4 Å². The van der Waals surface area contributed by atoms with Crippen molar-refractivity contribution in [2.24, 2.45) is 0 Å². The van der Waals surface area contributed by atoms with E-state index in [4.69, 9.17) is 14.5 Å². The molecular weight excluding hydrogens is 410 g/mol. The van der Waals surface area contributed by atoms with Crippen molar-refractivity contribution < 1.29 is 14.3 Å². The summed E-state index contributed by atoms with van der Waals surface area (Å²) < 4.78 is 10.7. The number of ether oxygens (including phenoxy) is 2. The van der Waals surface area contributed by atoms with Gasteiger partial charge >= 0.3 is 6.09 Å². The Morgan fingerprint density at radius 2 is 1.97 bits per heavy atom.